The van der Waals surface area contributed by atoms with Gasteiger partial charge in [-0.05, 0) is 56.9 Å². The second kappa shape index (κ2) is 12.0. The highest BCUT2D eigenvalue weighted by atomic mass is 32.2. The Morgan fingerprint density at radius 1 is 1.03 bits per heavy atom. The molecule has 6 nitrogen and oxygen atoms in total. The SMILES string of the molecule is CN(C(=O)C1CC=C(C2=CCC(C(F)(F)F)C=C2)S1)[C@H]1CCN(C(=O)N2CC[C@@H](NC3=CCCCCC3)C2)C1. The minimum absolute atomic E-state index is 0.0150. The summed E-state index contributed by atoms with van der Waals surface area (Å²) in [6.45, 7) is 2.64. The van der Waals surface area contributed by atoms with Crippen molar-refractivity contribution in [3.05, 3.63) is 46.6 Å². The van der Waals surface area contributed by atoms with Crippen LogP contribution < -0.4 is 5.32 Å². The minimum atomic E-state index is -4.23. The molecule has 3 aliphatic heterocycles. The van der Waals surface area contributed by atoms with Crippen molar-refractivity contribution in [2.75, 3.05) is 33.2 Å². The molecule has 0 spiro atoms. The van der Waals surface area contributed by atoms with E-state index < -0.39 is 12.1 Å². The number of allylic oxidation sites excluding steroid dienone is 7. The number of thioether (sulfide) groups is 1. The van der Waals surface area contributed by atoms with E-state index in [0.29, 0.717) is 32.1 Å². The van der Waals surface area contributed by atoms with E-state index in [-0.39, 0.29) is 29.7 Å². The maximum atomic E-state index is 13.3. The summed E-state index contributed by atoms with van der Waals surface area (Å²) in [5.74, 6) is -1.42. The van der Waals surface area contributed by atoms with Gasteiger partial charge in [-0.1, -0.05) is 36.8 Å². The van der Waals surface area contributed by atoms with Crippen molar-refractivity contribution in [1.29, 1.82) is 0 Å². The number of amides is 3. The summed E-state index contributed by atoms with van der Waals surface area (Å²) in [4.78, 5) is 33.0. The molecule has 4 atom stereocenters. The summed E-state index contributed by atoms with van der Waals surface area (Å²) < 4.78 is 38.8. The highest BCUT2D eigenvalue weighted by molar-refractivity contribution is 8.04. The molecule has 2 fully saturated rings. The number of hydrogen-bond acceptors (Lipinski definition) is 4. The summed E-state index contributed by atoms with van der Waals surface area (Å²) in [7, 11) is 1.81. The van der Waals surface area contributed by atoms with E-state index in [2.05, 4.69) is 11.4 Å². The number of alkyl halides is 3. The van der Waals surface area contributed by atoms with Gasteiger partial charge in [-0.2, -0.15) is 13.2 Å². The van der Waals surface area contributed by atoms with Crippen molar-refractivity contribution >= 4 is 23.7 Å². The number of nitrogens with one attached hydrogen (secondary N) is 1. The average molecular weight is 565 g/mol. The van der Waals surface area contributed by atoms with E-state index in [9.17, 15) is 22.8 Å². The first-order valence-electron chi connectivity index (χ1n) is 14.3. The number of halogens is 3. The van der Waals surface area contributed by atoms with E-state index in [0.717, 1.165) is 42.7 Å². The Bertz CT molecular complexity index is 1070. The second-order valence-corrected chi connectivity index (χ2v) is 12.6. The number of rotatable bonds is 5. The molecule has 0 aromatic carbocycles. The standard InChI is InChI=1S/C29H39F3N4O2S/c1-34(27(37)26-13-12-25(39-26)20-8-10-21(11-9-20)29(30,31)32)24-15-17-36(19-24)28(38)35-16-14-23(18-35)33-22-6-4-2-3-5-7-22/h6,8-10,12,21,23-24,26,33H,2-5,7,11,13-19H2,1H3/t21?,23-,24+,26?/m1/s1. The largest absolute Gasteiger partial charge is 0.395 e. The number of hydrogen-bond donors (Lipinski definition) is 1. The first-order chi connectivity index (χ1) is 18.7. The van der Waals surface area contributed by atoms with Gasteiger partial charge in [0.2, 0.25) is 5.91 Å². The Hall–Kier alpha value is -2.36. The monoisotopic (exact) mass is 564 g/mol. The predicted molar refractivity (Wildman–Crippen MR) is 148 cm³/mol. The number of urea groups is 1. The summed E-state index contributed by atoms with van der Waals surface area (Å²) in [6, 6.07) is 0.334. The molecule has 0 saturated carbocycles. The third-order valence-corrected chi connectivity index (χ3v) is 9.92. The lowest BCUT2D eigenvalue weighted by molar-refractivity contribution is -0.160. The quantitative estimate of drug-likeness (QED) is 0.472. The van der Waals surface area contributed by atoms with Crippen LogP contribution in [0.1, 0.15) is 57.8 Å². The number of nitrogens with zero attached hydrogens (tertiary/aromatic N) is 3. The van der Waals surface area contributed by atoms with Crippen molar-refractivity contribution in [3.63, 3.8) is 0 Å². The third kappa shape index (κ3) is 6.69. The van der Waals surface area contributed by atoms with Crippen LogP contribution in [-0.2, 0) is 4.79 Å². The Morgan fingerprint density at radius 3 is 2.59 bits per heavy atom. The van der Waals surface area contributed by atoms with E-state index in [1.54, 1.807) is 11.0 Å². The fraction of sp³-hybridized carbons (Fsp3) is 0.655. The fourth-order valence-electron chi connectivity index (χ4n) is 6.15. The topological polar surface area (TPSA) is 55.9 Å². The Labute approximate surface area is 233 Å². The zero-order valence-electron chi connectivity index (χ0n) is 22.6. The zero-order chi connectivity index (χ0) is 27.6. The first-order valence-corrected chi connectivity index (χ1v) is 15.2. The van der Waals surface area contributed by atoms with Crippen molar-refractivity contribution in [1.82, 2.24) is 20.0 Å². The lowest BCUT2D eigenvalue weighted by atomic mass is 9.96. The van der Waals surface area contributed by atoms with Crippen LogP contribution in [0.3, 0.4) is 0 Å². The van der Waals surface area contributed by atoms with Crippen LogP contribution in [0.5, 0.6) is 0 Å². The van der Waals surface area contributed by atoms with E-state index in [1.807, 2.05) is 22.9 Å². The van der Waals surface area contributed by atoms with Gasteiger partial charge in [-0.25, -0.2) is 4.79 Å². The van der Waals surface area contributed by atoms with Crippen LogP contribution in [0.4, 0.5) is 18.0 Å². The van der Waals surface area contributed by atoms with Gasteiger partial charge in [0.15, 0.2) is 0 Å². The van der Waals surface area contributed by atoms with Gasteiger partial charge < -0.3 is 20.0 Å². The Morgan fingerprint density at radius 2 is 1.82 bits per heavy atom. The van der Waals surface area contributed by atoms with Crippen LogP contribution in [0, 0.1) is 5.92 Å². The van der Waals surface area contributed by atoms with E-state index in [4.69, 9.17) is 0 Å². The molecule has 2 saturated heterocycles. The summed E-state index contributed by atoms with van der Waals surface area (Å²) in [5.41, 5.74) is 2.10. The number of likely N-dealkylation sites (N-methyl/N-ethyl adjacent to an activating group) is 1. The van der Waals surface area contributed by atoms with Crippen molar-refractivity contribution in [2.24, 2.45) is 5.92 Å². The smallest absolute Gasteiger partial charge is 0.384 e. The zero-order valence-corrected chi connectivity index (χ0v) is 23.4. The van der Waals surface area contributed by atoms with Gasteiger partial charge in [-0.3, -0.25) is 4.79 Å². The second-order valence-electron chi connectivity index (χ2n) is 11.3. The number of carbonyl (C=O) groups excluding carboxylic acids is 2. The minimum Gasteiger partial charge on any atom is -0.384 e. The summed E-state index contributed by atoms with van der Waals surface area (Å²) in [6.07, 6.45) is 12.6. The average Bonchev–Trinajstić information content (AvgIpc) is 3.67. The van der Waals surface area contributed by atoms with Crippen LogP contribution in [0.25, 0.3) is 0 Å². The molecular weight excluding hydrogens is 525 g/mol. The Kier molecular flexibility index (Phi) is 8.69. The normalized spacial score (nSPS) is 29.6. The van der Waals surface area contributed by atoms with Crippen molar-refractivity contribution in [2.45, 2.75) is 81.3 Å². The molecule has 2 aliphatic carbocycles. The predicted octanol–water partition coefficient (Wildman–Crippen LogP) is 5.61. The van der Waals surface area contributed by atoms with Crippen LogP contribution in [-0.4, -0.2) is 83.4 Å². The molecule has 2 unspecified atom stereocenters. The molecule has 3 amide bonds. The third-order valence-electron chi connectivity index (χ3n) is 8.59. The van der Waals surface area contributed by atoms with Crippen molar-refractivity contribution in [3.8, 4) is 0 Å². The lowest BCUT2D eigenvalue weighted by Gasteiger charge is -2.29. The lowest BCUT2D eigenvalue weighted by Crippen LogP contribution is -2.46. The first kappa shape index (κ1) is 28.2. The van der Waals surface area contributed by atoms with Crippen LogP contribution in [0.2, 0.25) is 0 Å². The van der Waals surface area contributed by atoms with Gasteiger partial charge in [0.05, 0.1) is 17.2 Å². The fourth-order valence-corrected chi connectivity index (χ4v) is 7.39. The highest BCUT2D eigenvalue weighted by Crippen LogP contribution is 2.42. The van der Waals surface area contributed by atoms with Gasteiger partial charge in [-0.15, -0.1) is 11.8 Å². The van der Waals surface area contributed by atoms with Crippen LogP contribution >= 0.6 is 11.8 Å². The maximum Gasteiger partial charge on any atom is 0.395 e. The van der Waals surface area contributed by atoms with Crippen molar-refractivity contribution < 1.29 is 22.8 Å². The van der Waals surface area contributed by atoms with Crippen LogP contribution in [0.15, 0.2) is 46.6 Å². The van der Waals surface area contributed by atoms with Gasteiger partial charge in [0.1, 0.15) is 0 Å². The summed E-state index contributed by atoms with van der Waals surface area (Å²) >= 11 is 1.43. The highest BCUT2D eigenvalue weighted by Gasteiger charge is 2.40. The molecular formula is C29H39F3N4O2S. The van der Waals surface area contributed by atoms with E-state index >= 15 is 0 Å². The molecule has 0 aromatic rings. The molecule has 0 radical (unpaired) electrons. The number of likely N-dealkylation sites (tertiary alicyclic amines) is 2. The molecule has 3 heterocycles. The molecule has 10 heteroatoms. The Balaban J connectivity index is 1.07. The van der Waals surface area contributed by atoms with E-state index in [1.165, 1.54) is 48.9 Å². The van der Waals surface area contributed by atoms with Gasteiger partial charge in [0.25, 0.3) is 0 Å². The number of carbonyl (C=O) groups is 2. The molecule has 1 N–H and O–H groups in total. The molecule has 39 heavy (non-hydrogen) atoms. The molecule has 5 rings (SSSR count). The molecule has 5 aliphatic rings. The molecule has 0 aromatic heterocycles. The van der Waals surface area contributed by atoms with Gasteiger partial charge in [0, 0.05) is 49.9 Å². The van der Waals surface area contributed by atoms with Gasteiger partial charge >= 0.3 is 12.2 Å². The molecule has 0 bridgehead atoms. The summed E-state index contributed by atoms with van der Waals surface area (Å²) in [5, 5.41) is 3.39. The molecule has 214 valence electrons. The maximum absolute atomic E-state index is 13.3.